The first-order chi connectivity index (χ1) is 6.79. The first kappa shape index (κ1) is 9.16. The third-order valence-electron chi connectivity index (χ3n) is 2.57. The molecular weight excluding hydrogens is 180 g/mol. The van der Waals surface area contributed by atoms with Gasteiger partial charge in [0.1, 0.15) is 6.07 Å². The van der Waals surface area contributed by atoms with Crippen molar-refractivity contribution < 1.29 is 5.11 Å². The zero-order valence-corrected chi connectivity index (χ0v) is 7.80. The summed E-state index contributed by atoms with van der Waals surface area (Å²) in [5, 5.41) is 26.1. The molecule has 2 unspecified atom stereocenters. The van der Waals surface area contributed by atoms with Gasteiger partial charge in [-0.15, -0.1) is 5.10 Å². The Morgan fingerprint density at radius 1 is 1.57 bits per heavy atom. The summed E-state index contributed by atoms with van der Waals surface area (Å²) in [6.07, 6.45) is 4.75. The van der Waals surface area contributed by atoms with E-state index in [-0.39, 0.29) is 12.1 Å². The molecule has 0 aromatic carbocycles. The summed E-state index contributed by atoms with van der Waals surface area (Å²) in [4.78, 5) is 1.56. The molecule has 1 fully saturated rings. The Labute approximate surface area is 82.0 Å². The number of nitrogens with zero attached hydrogens (tertiary/aromatic N) is 4. The van der Waals surface area contributed by atoms with E-state index in [4.69, 9.17) is 5.26 Å². The Morgan fingerprint density at radius 2 is 2.43 bits per heavy atom. The quantitative estimate of drug-likeness (QED) is 0.708. The zero-order chi connectivity index (χ0) is 9.97. The first-order valence-corrected chi connectivity index (χ1v) is 4.79. The Bertz CT molecular complexity index is 354. The third-order valence-corrected chi connectivity index (χ3v) is 2.57. The summed E-state index contributed by atoms with van der Waals surface area (Å²) in [6.45, 7) is 0. The number of aliphatic hydroxyl groups is 1. The van der Waals surface area contributed by atoms with E-state index in [2.05, 4.69) is 10.2 Å². The second-order valence-corrected chi connectivity index (χ2v) is 3.64. The van der Waals surface area contributed by atoms with E-state index in [1.54, 1.807) is 4.80 Å². The smallest absolute Gasteiger partial charge is 0.182 e. The van der Waals surface area contributed by atoms with Gasteiger partial charge in [-0.05, 0) is 25.7 Å². The number of nitriles is 1. The van der Waals surface area contributed by atoms with Crippen molar-refractivity contribution in [3.8, 4) is 6.07 Å². The fraction of sp³-hybridized carbons (Fsp3) is 0.667. The lowest BCUT2D eigenvalue weighted by molar-refractivity contribution is 0.0955. The average Bonchev–Trinajstić information content (AvgIpc) is 2.66. The van der Waals surface area contributed by atoms with Gasteiger partial charge in [0.15, 0.2) is 5.69 Å². The molecule has 0 radical (unpaired) electrons. The molecule has 2 atom stereocenters. The summed E-state index contributed by atoms with van der Waals surface area (Å²) in [7, 11) is 0. The summed E-state index contributed by atoms with van der Waals surface area (Å²) >= 11 is 0. The fourth-order valence-corrected chi connectivity index (χ4v) is 1.85. The molecule has 0 spiro atoms. The van der Waals surface area contributed by atoms with Gasteiger partial charge in [-0.25, -0.2) is 0 Å². The molecule has 0 amide bonds. The van der Waals surface area contributed by atoms with Crippen molar-refractivity contribution in [2.45, 2.75) is 37.8 Å². The van der Waals surface area contributed by atoms with Crippen molar-refractivity contribution in [1.29, 1.82) is 5.26 Å². The largest absolute Gasteiger partial charge is 0.393 e. The number of rotatable bonds is 1. The third kappa shape index (κ3) is 1.75. The van der Waals surface area contributed by atoms with E-state index in [0.717, 1.165) is 19.3 Å². The van der Waals surface area contributed by atoms with E-state index < -0.39 is 0 Å². The van der Waals surface area contributed by atoms with Crippen LogP contribution in [0.2, 0.25) is 0 Å². The summed E-state index contributed by atoms with van der Waals surface area (Å²) in [5.74, 6) is 0. The molecule has 1 N–H and O–H groups in total. The van der Waals surface area contributed by atoms with Crippen LogP contribution in [0.25, 0.3) is 0 Å². The molecule has 1 aliphatic carbocycles. The van der Waals surface area contributed by atoms with Crippen LogP contribution in [0.5, 0.6) is 0 Å². The lowest BCUT2D eigenvalue weighted by atomic mass is 9.93. The maximum atomic E-state index is 9.47. The maximum absolute atomic E-state index is 9.47. The van der Waals surface area contributed by atoms with Crippen molar-refractivity contribution in [2.75, 3.05) is 0 Å². The average molecular weight is 192 g/mol. The van der Waals surface area contributed by atoms with Crippen LogP contribution in [0.3, 0.4) is 0 Å². The Kier molecular flexibility index (Phi) is 2.46. The Morgan fingerprint density at radius 3 is 3.07 bits per heavy atom. The lowest BCUT2D eigenvalue weighted by Gasteiger charge is -2.24. The highest BCUT2D eigenvalue weighted by molar-refractivity contribution is 5.12. The van der Waals surface area contributed by atoms with Crippen LogP contribution in [0.4, 0.5) is 0 Å². The summed E-state index contributed by atoms with van der Waals surface area (Å²) < 4.78 is 0. The van der Waals surface area contributed by atoms with Gasteiger partial charge in [-0.1, -0.05) is 0 Å². The van der Waals surface area contributed by atoms with Crippen molar-refractivity contribution in [3.05, 3.63) is 11.9 Å². The monoisotopic (exact) mass is 192 g/mol. The molecule has 14 heavy (non-hydrogen) atoms. The van der Waals surface area contributed by atoms with E-state index in [9.17, 15) is 5.11 Å². The number of hydrogen-bond donors (Lipinski definition) is 1. The van der Waals surface area contributed by atoms with Crippen LogP contribution in [-0.4, -0.2) is 26.2 Å². The molecule has 0 aliphatic heterocycles. The normalized spacial score (nSPS) is 27.1. The molecule has 5 heteroatoms. The van der Waals surface area contributed by atoms with Crippen LogP contribution in [0.15, 0.2) is 6.20 Å². The maximum Gasteiger partial charge on any atom is 0.182 e. The molecule has 1 aromatic heterocycles. The molecular formula is C9H12N4O. The van der Waals surface area contributed by atoms with Crippen LogP contribution in [-0.2, 0) is 0 Å². The Balaban J connectivity index is 2.10. The van der Waals surface area contributed by atoms with Gasteiger partial charge in [0.05, 0.1) is 18.3 Å². The van der Waals surface area contributed by atoms with E-state index >= 15 is 0 Å². The summed E-state index contributed by atoms with van der Waals surface area (Å²) in [5.41, 5.74) is 0.338. The highest BCUT2D eigenvalue weighted by Gasteiger charge is 2.22. The van der Waals surface area contributed by atoms with Crippen LogP contribution in [0.1, 0.15) is 37.4 Å². The lowest BCUT2D eigenvalue weighted by Crippen LogP contribution is -2.24. The molecule has 1 aliphatic rings. The van der Waals surface area contributed by atoms with E-state index in [1.807, 2.05) is 6.07 Å². The van der Waals surface area contributed by atoms with Crippen LogP contribution in [0, 0.1) is 11.3 Å². The van der Waals surface area contributed by atoms with Gasteiger partial charge in [-0.2, -0.15) is 15.2 Å². The second-order valence-electron chi connectivity index (χ2n) is 3.64. The molecule has 0 bridgehead atoms. The van der Waals surface area contributed by atoms with Gasteiger partial charge in [-0.3, -0.25) is 0 Å². The second kappa shape index (κ2) is 3.76. The fourth-order valence-electron chi connectivity index (χ4n) is 1.85. The highest BCUT2D eigenvalue weighted by atomic mass is 16.3. The minimum Gasteiger partial charge on any atom is -0.393 e. The molecule has 2 rings (SSSR count). The van der Waals surface area contributed by atoms with Crippen molar-refractivity contribution in [1.82, 2.24) is 15.0 Å². The standard InChI is InChI=1S/C9H12N4O/c10-5-7-6-11-13(12-7)8-2-1-3-9(14)4-8/h6,8-9,14H,1-4H2. The minimum atomic E-state index is -0.245. The van der Waals surface area contributed by atoms with E-state index in [0.29, 0.717) is 12.1 Å². The molecule has 1 heterocycles. The number of aromatic nitrogens is 3. The highest BCUT2D eigenvalue weighted by Crippen LogP contribution is 2.26. The molecule has 5 nitrogen and oxygen atoms in total. The number of hydrogen-bond acceptors (Lipinski definition) is 4. The predicted octanol–water partition coefficient (Wildman–Crippen LogP) is 0.626. The van der Waals surface area contributed by atoms with Gasteiger partial charge in [0.25, 0.3) is 0 Å². The van der Waals surface area contributed by atoms with Crippen LogP contribution < -0.4 is 0 Å². The molecule has 1 aromatic rings. The van der Waals surface area contributed by atoms with Crippen LogP contribution >= 0.6 is 0 Å². The van der Waals surface area contributed by atoms with Crippen molar-refractivity contribution in [2.24, 2.45) is 0 Å². The zero-order valence-electron chi connectivity index (χ0n) is 7.80. The van der Waals surface area contributed by atoms with Gasteiger partial charge < -0.3 is 5.11 Å². The first-order valence-electron chi connectivity index (χ1n) is 4.79. The van der Waals surface area contributed by atoms with Crippen molar-refractivity contribution in [3.63, 3.8) is 0 Å². The summed E-state index contributed by atoms with van der Waals surface area (Å²) in [6, 6.07) is 2.09. The van der Waals surface area contributed by atoms with Crippen molar-refractivity contribution >= 4 is 0 Å². The molecule has 0 saturated heterocycles. The molecule has 1 saturated carbocycles. The predicted molar refractivity (Wildman–Crippen MR) is 48.2 cm³/mol. The van der Waals surface area contributed by atoms with Gasteiger partial charge in [0.2, 0.25) is 0 Å². The topological polar surface area (TPSA) is 74.7 Å². The van der Waals surface area contributed by atoms with Gasteiger partial charge in [0, 0.05) is 0 Å². The SMILES string of the molecule is N#Cc1cnn(C2CCCC(O)C2)n1. The molecule has 74 valence electrons. The minimum absolute atomic E-state index is 0.154. The number of aliphatic hydroxyl groups excluding tert-OH is 1. The van der Waals surface area contributed by atoms with Gasteiger partial charge >= 0.3 is 0 Å². The Hall–Kier alpha value is -1.41. The van der Waals surface area contributed by atoms with E-state index in [1.165, 1.54) is 6.20 Å².